The molecule has 236 valence electrons. The number of halogens is 1. The van der Waals surface area contributed by atoms with Crippen LogP contribution in [-0.4, -0.2) is 117 Å². The van der Waals surface area contributed by atoms with Crippen molar-refractivity contribution in [3.05, 3.63) is 41.3 Å². The molecule has 1 atom stereocenters. The average Bonchev–Trinajstić information content (AvgIpc) is 3.02. The third-order valence-corrected chi connectivity index (χ3v) is 7.94. The molecule has 5 rings (SSSR count). The van der Waals surface area contributed by atoms with Crippen LogP contribution >= 0.6 is 0 Å². The summed E-state index contributed by atoms with van der Waals surface area (Å²) < 4.78 is 27.4. The summed E-state index contributed by atoms with van der Waals surface area (Å²) in [5.41, 5.74) is 7.76. The Morgan fingerprint density at radius 2 is 1.77 bits per heavy atom. The van der Waals surface area contributed by atoms with E-state index >= 15 is 4.39 Å². The highest BCUT2D eigenvalue weighted by molar-refractivity contribution is 5.68. The second-order valence-corrected chi connectivity index (χ2v) is 12.2. The van der Waals surface area contributed by atoms with Gasteiger partial charge in [0.25, 0.3) is 0 Å². The van der Waals surface area contributed by atoms with Gasteiger partial charge in [-0.05, 0) is 38.5 Å². The molecule has 4 N–H and O–H groups in total. The van der Waals surface area contributed by atoms with E-state index in [1.54, 1.807) is 4.90 Å². The minimum absolute atomic E-state index is 0.269. The molecule has 2 aromatic rings. The van der Waals surface area contributed by atoms with Gasteiger partial charge in [-0.25, -0.2) is 14.2 Å². The first kappa shape index (κ1) is 31.2. The van der Waals surface area contributed by atoms with E-state index in [0.29, 0.717) is 64.2 Å². The predicted molar refractivity (Wildman–Crippen MR) is 165 cm³/mol. The fraction of sp³-hybridized carbons (Fsp3) is 0.633. The Balaban J connectivity index is 1.21. The lowest BCUT2D eigenvalue weighted by Gasteiger charge is -2.37. The number of nitrogens with two attached hydrogens (primary N) is 1. The minimum Gasteiger partial charge on any atom is -0.444 e. The van der Waals surface area contributed by atoms with Crippen LogP contribution in [0.15, 0.2) is 24.3 Å². The number of hydrogen-bond donors (Lipinski definition) is 3. The molecule has 1 aromatic heterocycles. The summed E-state index contributed by atoms with van der Waals surface area (Å²) in [5.74, 6) is 0.289. The molecule has 3 fully saturated rings. The number of anilines is 3. The lowest BCUT2D eigenvalue weighted by atomic mass is 10.1. The summed E-state index contributed by atoms with van der Waals surface area (Å²) >= 11 is 0. The maximum atomic E-state index is 16.0. The van der Waals surface area contributed by atoms with Crippen molar-refractivity contribution in [2.24, 2.45) is 5.73 Å². The van der Waals surface area contributed by atoms with Crippen LogP contribution in [0.3, 0.4) is 0 Å². The van der Waals surface area contributed by atoms with Gasteiger partial charge in [0.1, 0.15) is 17.4 Å². The third-order valence-electron chi connectivity index (χ3n) is 7.94. The molecule has 0 radical (unpaired) electrons. The molecule has 3 saturated heterocycles. The minimum atomic E-state index is -0.506. The summed E-state index contributed by atoms with van der Waals surface area (Å²) in [6.07, 6.45) is -0.742. The molecular formula is C30H46FN9O3. The zero-order valence-corrected chi connectivity index (χ0v) is 25.6. The lowest BCUT2D eigenvalue weighted by molar-refractivity contribution is 0.0148. The fourth-order valence-corrected chi connectivity index (χ4v) is 5.52. The van der Waals surface area contributed by atoms with Crippen LogP contribution in [-0.2, 0) is 16.0 Å². The Labute approximate surface area is 253 Å². The lowest BCUT2D eigenvalue weighted by Crippen LogP contribution is -2.50. The Bertz CT molecular complexity index is 1200. The molecule has 3 aliphatic heterocycles. The van der Waals surface area contributed by atoms with E-state index in [1.165, 1.54) is 0 Å². The first-order valence-electron chi connectivity index (χ1n) is 15.3. The van der Waals surface area contributed by atoms with E-state index < -0.39 is 17.5 Å². The van der Waals surface area contributed by atoms with Crippen LogP contribution in [0.2, 0.25) is 0 Å². The van der Waals surface area contributed by atoms with E-state index in [4.69, 9.17) is 15.2 Å². The number of amides is 1. The highest BCUT2D eigenvalue weighted by Crippen LogP contribution is 2.29. The topological polar surface area (TPSA) is 124 Å². The number of nitrogens with zero attached hydrogens (tertiary/aromatic N) is 6. The quantitative estimate of drug-likeness (QED) is 0.413. The second-order valence-electron chi connectivity index (χ2n) is 12.2. The van der Waals surface area contributed by atoms with E-state index in [9.17, 15) is 4.79 Å². The van der Waals surface area contributed by atoms with Crippen LogP contribution in [0.25, 0.3) is 0 Å². The van der Waals surface area contributed by atoms with Crippen molar-refractivity contribution in [2.45, 2.75) is 39.0 Å². The molecule has 1 aromatic carbocycles. The molecule has 4 heterocycles. The smallest absolute Gasteiger partial charge is 0.410 e. The maximum Gasteiger partial charge on any atom is 0.410 e. The number of aromatic nitrogens is 2. The molecule has 13 heteroatoms. The van der Waals surface area contributed by atoms with Gasteiger partial charge in [0.05, 0.1) is 6.61 Å². The SMILES string of the molecule is CC(C)(C)OC(=O)N1CCN(CCNc2nc(C3CNCCO3)c(F)c(N3CCN(c4ccc(CN)cc4)CC3)n2)CC1. The first-order valence-corrected chi connectivity index (χ1v) is 15.3. The first-order chi connectivity index (χ1) is 20.7. The molecule has 3 aliphatic rings. The van der Waals surface area contributed by atoms with Gasteiger partial charge in [0.15, 0.2) is 11.6 Å². The Morgan fingerprint density at radius 1 is 1.07 bits per heavy atom. The van der Waals surface area contributed by atoms with Gasteiger partial charge >= 0.3 is 6.09 Å². The number of benzene rings is 1. The molecule has 0 spiro atoms. The number of carbonyl (C=O) groups excluding carboxylic acids is 1. The van der Waals surface area contributed by atoms with E-state index in [1.807, 2.05) is 25.7 Å². The summed E-state index contributed by atoms with van der Waals surface area (Å²) in [5, 5.41) is 6.61. The molecule has 1 unspecified atom stereocenters. The number of hydrogen-bond acceptors (Lipinski definition) is 11. The van der Waals surface area contributed by atoms with Gasteiger partial charge in [-0.1, -0.05) is 12.1 Å². The van der Waals surface area contributed by atoms with Crippen molar-refractivity contribution in [1.29, 1.82) is 0 Å². The summed E-state index contributed by atoms with van der Waals surface area (Å²) in [7, 11) is 0. The molecule has 12 nitrogen and oxygen atoms in total. The van der Waals surface area contributed by atoms with Crippen molar-refractivity contribution >= 4 is 23.5 Å². The average molecular weight is 600 g/mol. The normalized spacial score (nSPS) is 20.3. The van der Waals surface area contributed by atoms with E-state index in [-0.39, 0.29) is 11.8 Å². The standard InChI is InChI=1S/C30H46FN9O3/c1-30(2,3)43-29(41)40-13-11-37(12-14-40)10-8-34-28-35-26(24-21-33-9-19-42-24)25(31)27(36-28)39-17-15-38(16-18-39)23-6-4-22(20-32)5-7-23/h4-7,24,33H,8-21,32H2,1-3H3,(H,34,35,36). The molecule has 0 saturated carbocycles. The van der Waals surface area contributed by atoms with Crippen LogP contribution in [0.1, 0.15) is 38.1 Å². The van der Waals surface area contributed by atoms with E-state index in [0.717, 1.165) is 50.5 Å². The Hall–Kier alpha value is -3.26. The highest BCUT2D eigenvalue weighted by atomic mass is 19.1. The van der Waals surface area contributed by atoms with Gasteiger partial charge in [-0.15, -0.1) is 0 Å². The number of nitrogens with one attached hydrogen (secondary N) is 2. The molecule has 0 bridgehead atoms. The molecular weight excluding hydrogens is 553 g/mol. The number of piperazine rings is 2. The van der Waals surface area contributed by atoms with Gasteiger partial charge in [0, 0.05) is 90.8 Å². The summed E-state index contributed by atoms with van der Waals surface area (Å²) in [6, 6.07) is 8.28. The zero-order valence-electron chi connectivity index (χ0n) is 25.6. The van der Waals surface area contributed by atoms with Crippen molar-refractivity contribution in [3.8, 4) is 0 Å². The predicted octanol–water partition coefficient (Wildman–Crippen LogP) is 2.03. The van der Waals surface area contributed by atoms with Gasteiger partial charge in [-0.3, -0.25) is 4.90 Å². The monoisotopic (exact) mass is 599 g/mol. The van der Waals surface area contributed by atoms with E-state index in [2.05, 4.69) is 54.7 Å². The van der Waals surface area contributed by atoms with Gasteiger partial charge in [0.2, 0.25) is 5.95 Å². The number of carbonyl (C=O) groups is 1. The Morgan fingerprint density at radius 3 is 2.40 bits per heavy atom. The Kier molecular flexibility index (Phi) is 10.2. The number of morpholine rings is 1. The molecule has 43 heavy (non-hydrogen) atoms. The van der Waals surface area contributed by atoms with Gasteiger partial charge < -0.3 is 40.5 Å². The van der Waals surface area contributed by atoms with Crippen LogP contribution in [0.5, 0.6) is 0 Å². The van der Waals surface area contributed by atoms with Crippen molar-refractivity contribution in [3.63, 3.8) is 0 Å². The highest BCUT2D eigenvalue weighted by Gasteiger charge is 2.29. The number of rotatable bonds is 8. The maximum absolute atomic E-state index is 16.0. The van der Waals surface area contributed by atoms with Crippen molar-refractivity contribution in [2.75, 3.05) is 100 Å². The molecule has 1 amide bonds. The van der Waals surface area contributed by atoms with Crippen LogP contribution in [0, 0.1) is 5.82 Å². The fourth-order valence-electron chi connectivity index (χ4n) is 5.52. The third kappa shape index (κ3) is 8.22. The van der Waals surface area contributed by atoms with Crippen LogP contribution < -0.4 is 26.2 Å². The summed E-state index contributed by atoms with van der Waals surface area (Å²) in [6.45, 7) is 14.7. The van der Waals surface area contributed by atoms with Crippen molar-refractivity contribution in [1.82, 2.24) is 25.1 Å². The van der Waals surface area contributed by atoms with Crippen molar-refractivity contribution < 1.29 is 18.7 Å². The zero-order chi connectivity index (χ0) is 30.4. The molecule has 0 aliphatic carbocycles. The summed E-state index contributed by atoms with van der Waals surface area (Å²) in [4.78, 5) is 30.0. The largest absolute Gasteiger partial charge is 0.444 e. The van der Waals surface area contributed by atoms with Crippen LogP contribution in [0.4, 0.5) is 26.6 Å². The second kappa shape index (κ2) is 14.0. The number of ether oxygens (including phenoxy) is 2. The van der Waals surface area contributed by atoms with Gasteiger partial charge in [-0.2, -0.15) is 4.98 Å².